The molecule has 2 saturated heterocycles. The highest BCUT2D eigenvalue weighted by Crippen LogP contribution is 2.51. The number of hydrogen-bond acceptors (Lipinski definition) is 2. The quantitative estimate of drug-likeness (QED) is 0.611. The van der Waals surface area contributed by atoms with Gasteiger partial charge in [-0.15, -0.1) is 0 Å². The van der Waals surface area contributed by atoms with Crippen molar-refractivity contribution >= 4 is 0 Å². The van der Waals surface area contributed by atoms with E-state index in [2.05, 4.69) is 13.8 Å². The Balaban J connectivity index is 1.57. The summed E-state index contributed by atoms with van der Waals surface area (Å²) in [5.74, 6) is 0.855. The van der Waals surface area contributed by atoms with Crippen LogP contribution in [-0.4, -0.2) is 23.9 Å². The third-order valence-electron chi connectivity index (χ3n) is 3.99. The van der Waals surface area contributed by atoms with Crippen molar-refractivity contribution in [3.05, 3.63) is 0 Å². The summed E-state index contributed by atoms with van der Waals surface area (Å²) >= 11 is 0. The summed E-state index contributed by atoms with van der Waals surface area (Å²) in [7, 11) is 0. The molecule has 2 aliphatic heterocycles. The van der Waals surface area contributed by atoms with Crippen molar-refractivity contribution < 1.29 is 9.47 Å². The number of fused-ring (bicyclic) bond motifs is 1. The van der Waals surface area contributed by atoms with Gasteiger partial charge in [0.2, 0.25) is 0 Å². The lowest BCUT2D eigenvalue weighted by molar-refractivity contribution is 0.236. The molecule has 0 bridgehead atoms. The molecule has 0 aromatic rings. The van der Waals surface area contributed by atoms with Crippen LogP contribution in [0.4, 0.5) is 0 Å². The Morgan fingerprint density at radius 1 is 1.38 bits per heavy atom. The Morgan fingerprint density at radius 3 is 2.77 bits per heavy atom. The van der Waals surface area contributed by atoms with Crippen molar-refractivity contribution in [2.24, 2.45) is 5.92 Å². The predicted octanol–water partition coefficient (Wildman–Crippen LogP) is 2.12. The monoisotopic (exact) mass is 182 g/mol. The molecule has 74 valence electrons. The topological polar surface area (TPSA) is 25.1 Å². The molecule has 2 heterocycles. The lowest BCUT2D eigenvalue weighted by Crippen LogP contribution is -2.24. The third-order valence-corrected chi connectivity index (χ3v) is 3.99. The van der Waals surface area contributed by atoms with E-state index < -0.39 is 0 Å². The summed E-state index contributed by atoms with van der Waals surface area (Å²) < 4.78 is 11.1. The van der Waals surface area contributed by atoms with E-state index in [9.17, 15) is 0 Å². The van der Waals surface area contributed by atoms with E-state index in [-0.39, 0.29) is 11.2 Å². The highest BCUT2D eigenvalue weighted by Gasteiger charge is 2.56. The van der Waals surface area contributed by atoms with E-state index in [1.165, 1.54) is 25.7 Å². The van der Waals surface area contributed by atoms with Gasteiger partial charge in [-0.3, -0.25) is 0 Å². The Morgan fingerprint density at radius 2 is 2.15 bits per heavy atom. The number of rotatable bonds is 2. The highest BCUT2D eigenvalue weighted by molar-refractivity contribution is 5.05. The molecular formula is C11H18O2. The SMILES string of the molecule is CC1(CC2CCC3(C)OC3C2)CO1. The molecular weight excluding hydrogens is 164 g/mol. The fourth-order valence-electron chi connectivity index (χ4n) is 2.76. The van der Waals surface area contributed by atoms with Crippen molar-refractivity contribution in [1.82, 2.24) is 0 Å². The van der Waals surface area contributed by atoms with Gasteiger partial charge in [0.05, 0.1) is 23.9 Å². The molecule has 0 aromatic heterocycles. The van der Waals surface area contributed by atoms with Gasteiger partial charge in [-0.25, -0.2) is 0 Å². The van der Waals surface area contributed by atoms with Crippen LogP contribution in [0.25, 0.3) is 0 Å². The van der Waals surface area contributed by atoms with E-state index in [0.29, 0.717) is 6.10 Å². The van der Waals surface area contributed by atoms with Crippen LogP contribution in [0.2, 0.25) is 0 Å². The Hall–Kier alpha value is -0.0800. The number of epoxide rings is 2. The number of hydrogen-bond donors (Lipinski definition) is 0. The van der Waals surface area contributed by atoms with Crippen LogP contribution >= 0.6 is 0 Å². The van der Waals surface area contributed by atoms with Gasteiger partial charge in [-0.05, 0) is 45.4 Å². The Bertz CT molecular complexity index is 234. The first-order valence-corrected chi connectivity index (χ1v) is 5.41. The van der Waals surface area contributed by atoms with Gasteiger partial charge in [-0.1, -0.05) is 0 Å². The summed E-state index contributed by atoms with van der Waals surface area (Å²) in [6.45, 7) is 5.46. The zero-order chi connectivity index (χ0) is 9.10. The van der Waals surface area contributed by atoms with Crippen LogP contribution in [0, 0.1) is 5.92 Å². The zero-order valence-electron chi connectivity index (χ0n) is 8.51. The van der Waals surface area contributed by atoms with Gasteiger partial charge in [0.25, 0.3) is 0 Å². The maximum atomic E-state index is 5.69. The average Bonchev–Trinajstić information content (AvgIpc) is 2.91. The van der Waals surface area contributed by atoms with Crippen molar-refractivity contribution in [2.75, 3.05) is 6.61 Å². The van der Waals surface area contributed by atoms with E-state index in [1.54, 1.807) is 0 Å². The minimum Gasteiger partial charge on any atom is -0.370 e. The van der Waals surface area contributed by atoms with E-state index in [4.69, 9.17) is 9.47 Å². The first-order chi connectivity index (χ1) is 6.10. The molecule has 1 saturated carbocycles. The van der Waals surface area contributed by atoms with Gasteiger partial charge in [0.15, 0.2) is 0 Å². The molecule has 0 amide bonds. The standard InChI is InChI=1S/C11H18O2/c1-10(7-12-10)6-8-3-4-11(2)9(5-8)13-11/h8-9H,3-7H2,1-2H3. The molecule has 2 heteroatoms. The molecule has 0 spiro atoms. The third kappa shape index (κ3) is 1.40. The largest absolute Gasteiger partial charge is 0.370 e. The molecule has 0 aromatic carbocycles. The molecule has 1 aliphatic carbocycles. The molecule has 0 radical (unpaired) electrons. The Kier molecular flexibility index (Phi) is 1.45. The van der Waals surface area contributed by atoms with Crippen molar-refractivity contribution in [3.8, 4) is 0 Å². The second kappa shape index (κ2) is 2.29. The highest BCUT2D eigenvalue weighted by atomic mass is 16.6. The summed E-state index contributed by atoms with van der Waals surface area (Å²) in [6, 6.07) is 0. The first-order valence-electron chi connectivity index (χ1n) is 5.41. The van der Waals surface area contributed by atoms with Crippen molar-refractivity contribution in [1.29, 1.82) is 0 Å². The van der Waals surface area contributed by atoms with Gasteiger partial charge < -0.3 is 9.47 Å². The van der Waals surface area contributed by atoms with E-state index >= 15 is 0 Å². The van der Waals surface area contributed by atoms with Crippen LogP contribution in [-0.2, 0) is 9.47 Å². The Labute approximate surface area is 79.6 Å². The van der Waals surface area contributed by atoms with E-state index in [0.717, 1.165) is 12.5 Å². The van der Waals surface area contributed by atoms with E-state index in [1.807, 2.05) is 0 Å². The van der Waals surface area contributed by atoms with Crippen LogP contribution in [0.3, 0.4) is 0 Å². The molecule has 13 heavy (non-hydrogen) atoms. The van der Waals surface area contributed by atoms with Crippen LogP contribution in [0.1, 0.15) is 39.5 Å². The molecule has 2 nitrogen and oxygen atoms in total. The molecule has 0 N–H and O–H groups in total. The lowest BCUT2D eigenvalue weighted by Gasteiger charge is -2.23. The first kappa shape index (κ1) is 8.25. The summed E-state index contributed by atoms with van der Waals surface area (Å²) in [5.41, 5.74) is 0.523. The zero-order valence-corrected chi connectivity index (χ0v) is 8.51. The summed E-state index contributed by atoms with van der Waals surface area (Å²) in [5, 5.41) is 0. The molecule has 3 rings (SSSR count). The number of ether oxygens (including phenoxy) is 2. The van der Waals surface area contributed by atoms with Crippen molar-refractivity contribution in [2.45, 2.75) is 56.8 Å². The fraction of sp³-hybridized carbons (Fsp3) is 1.00. The van der Waals surface area contributed by atoms with Crippen LogP contribution in [0.15, 0.2) is 0 Å². The molecule has 3 aliphatic rings. The van der Waals surface area contributed by atoms with Gasteiger partial charge in [-0.2, -0.15) is 0 Å². The second-order valence-corrected chi connectivity index (χ2v) is 5.50. The van der Waals surface area contributed by atoms with Crippen LogP contribution < -0.4 is 0 Å². The maximum absolute atomic E-state index is 5.69. The normalized spacial score (nSPS) is 58.6. The minimum absolute atomic E-state index is 0.243. The molecule has 3 fully saturated rings. The smallest absolute Gasteiger partial charge is 0.0920 e. The van der Waals surface area contributed by atoms with Crippen molar-refractivity contribution in [3.63, 3.8) is 0 Å². The fourth-order valence-corrected chi connectivity index (χ4v) is 2.76. The lowest BCUT2D eigenvalue weighted by atomic mass is 9.79. The molecule has 4 unspecified atom stereocenters. The minimum atomic E-state index is 0.243. The molecule has 4 atom stereocenters. The predicted molar refractivity (Wildman–Crippen MR) is 49.6 cm³/mol. The maximum Gasteiger partial charge on any atom is 0.0920 e. The second-order valence-electron chi connectivity index (χ2n) is 5.50. The van der Waals surface area contributed by atoms with Gasteiger partial charge in [0, 0.05) is 0 Å². The van der Waals surface area contributed by atoms with Crippen LogP contribution in [0.5, 0.6) is 0 Å². The summed E-state index contributed by atoms with van der Waals surface area (Å²) in [4.78, 5) is 0. The van der Waals surface area contributed by atoms with Gasteiger partial charge in [0.1, 0.15) is 0 Å². The average molecular weight is 182 g/mol. The van der Waals surface area contributed by atoms with Gasteiger partial charge >= 0.3 is 0 Å². The summed E-state index contributed by atoms with van der Waals surface area (Å²) in [6.07, 6.45) is 5.71.